The highest BCUT2D eigenvalue weighted by molar-refractivity contribution is 8.76. The molecule has 0 aromatic carbocycles. The number of aliphatic imine (C=N–C) groups is 1. The second kappa shape index (κ2) is 34.0. The Labute approximate surface area is 298 Å². The minimum Gasteiger partial charge on any atom is -0.481 e. The fraction of sp³-hybridized carbons (Fsp3) is 0.625. The predicted octanol–water partition coefficient (Wildman–Crippen LogP) is -4.80. The second-order valence-corrected chi connectivity index (χ2v) is 12.0. The zero-order valence-corrected chi connectivity index (χ0v) is 29.0. The van der Waals surface area contributed by atoms with Crippen LogP contribution in [0.4, 0.5) is 0 Å². The standard InChI is InChI=1S/C6H14N4O2.C6H12N2O4S2.C5H9NO4.C4H7NO4.C3H7NO2/c7-4(5(11)12)2-1-3-10-6(8)9;7-3(5(9)10)1-13-14-2-4(8)6(11)12;6-3(5(9)10)1-2-4(7)8;5-2(4(8)9)1-3(6)7;1-2(4)3(5)6/h4H,1-3,7H2,(H,11,12)(H4,8,9,10);3-4H,1-2,7-8H2,(H,9,10)(H,11,12);3H,1-2,6H2,(H,7,8)(H,9,10);2H,1,5H2,(H,6,7)(H,8,9);2H,4H2,1H3,(H,5,6)/t4-;3-,4-;3-;2*2-/m00000/s1. The fourth-order valence-electron chi connectivity index (χ4n) is 1.71. The molecule has 27 heteroatoms. The molecule has 51 heavy (non-hydrogen) atoms. The summed E-state index contributed by atoms with van der Waals surface area (Å²) in [6.07, 6.45) is 0.199. The van der Waals surface area contributed by atoms with Gasteiger partial charge in [-0.05, 0) is 26.2 Å². The Morgan fingerprint density at radius 1 is 0.529 bits per heavy atom. The Bertz CT molecular complexity index is 1090. The number of aliphatic carboxylic acids is 8. The lowest BCUT2D eigenvalue weighted by atomic mass is 10.2. The molecular formula is C24H49N9O16S2. The summed E-state index contributed by atoms with van der Waals surface area (Å²) in [4.78, 5) is 83.5. The van der Waals surface area contributed by atoms with Gasteiger partial charge >= 0.3 is 47.8 Å². The molecule has 298 valence electrons. The molecule has 0 saturated carbocycles. The van der Waals surface area contributed by atoms with Gasteiger partial charge in [0, 0.05) is 24.5 Å². The third-order valence-corrected chi connectivity index (χ3v) is 7.06. The Morgan fingerprint density at radius 3 is 1.10 bits per heavy atom. The number of hydrogen-bond acceptors (Lipinski definition) is 17. The van der Waals surface area contributed by atoms with Crippen molar-refractivity contribution in [2.45, 2.75) is 75.3 Å². The van der Waals surface area contributed by atoms with E-state index in [1.807, 2.05) is 0 Å². The lowest BCUT2D eigenvalue weighted by Gasteiger charge is -2.07. The largest absolute Gasteiger partial charge is 0.481 e. The Hall–Kier alpha value is -4.51. The van der Waals surface area contributed by atoms with E-state index < -0.39 is 90.4 Å². The fourth-order valence-corrected chi connectivity index (χ4v) is 3.93. The minimum atomic E-state index is -1.29. The number of carboxylic acids is 8. The molecule has 25 nitrogen and oxygen atoms in total. The summed E-state index contributed by atoms with van der Waals surface area (Å²) >= 11 is 0. The van der Waals surface area contributed by atoms with E-state index >= 15 is 0 Å². The van der Waals surface area contributed by atoms with E-state index in [2.05, 4.69) is 4.99 Å². The van der Waals surface area contributed by atoms with E-state index in [1.165, 1.54) is 28.5 Å². The second-order valence-electron chi connectivity index (χ2n) is 9.40. The summed E-state index contributed by atoms with van der Waals surface area (Å²) in [6.45, 7) is 1.84. The summed E-state index contributed by atoms with van der Waals surface area (Å²) in [6, 6.07) is -5.75. The van der Waals surface area contributed by atoms with Crippen molar-refractivity contribution < 1.29 is 79.2 Å². The van der Waals surface area contributed by atoms with Gasteiger partial charge in [0.2, 0.25) is 0 Å². The molecule has 0 bridgehead atoms. The molecule has 6 atom stereocenters. The van der Waals surface area contributed by atoms with Gasteiger partial charge in [0.05, 0.1) is 6.42 Å². The van der Waals surface area contributed by atoms with Gasteiger partial charge in [-0.2, -0.15) is 0 Å². The highest BCUT2D eigenvalue weighted by Gasteiger charge is 2.15. The molecule has 0 aliphatic rings. The van der Waals surface area contributed by atoms with Crippen LogP contribution in [0, 0.1) is 0 Å². The molecule has 0 unspecified atom stereocenters. The van der Waals surface area contributed by atoms with Crippen molar-refractivity contribution in [2.75, 3.05) is 18.1 Å². The van der Waals surface area contributed by atoms with Gasteiger partial charge in [-0.15, -0.1) is 0 Å². The number of nitrogens with two attached hydrogens (primary N) is 8. The quantitative estimate of drug-likeness (QED) is 0.0238. The van der Waals surface area contributed by atoms with Crippen molar-refractivity contribution in [3.05, 3.63) is 0 Å². The number of carboxylic acid groups (broad SMARTS) is 8. The van der Waals surface area contributed by atoms with Crippen LogP contribution in [-0.4, -0.2) is 149 Å². The molecule has 0 aliphatic carbocycles. The van der Waals surface area contributed by atoms with Crippen LogP contribution < -0.4 is 45.9 Å². The molecule has 0 heterocycles. The Balaban J connectivity index is -0.000000177. The van der Waals surface area contributed by atoms with Crippen LogP contribution in [0.2, 0.25) is 0 Å². The van der Waals surface area contributed by atoms with Crippen LogP contribution in [0.15, 0.2) is 4.99 Å². The van der Waals surface area contributed by atoms with Crippen molar-refractivity contribution >= 4 is 75.3 Å². The van der Waals surface area contributed by atoms with E-state index in [1.54, 1.807) is 0 Å². The van der Waals surface area contributed by atoms with Gasteiger partial charge < -0.3 is 86.7 Å². The Morgan fingerprint density at radius 2 is 0.863 bits per heavy atom. The maximum Gasteiger partial charge on any atom is 0.321 e. The first-order valence-electron chi connectivity index (χ1n) is 13.8. The Kier molecular flexibility index (Phi) is 37.2. The molecule has 0 saturated heterocycles. The summed E-state index contributed by atoms with van der Waals surface area (Å²) in [5, 5.41) is 65.4. The number of hydrogen-bond donors (Lipinski definition) is 16. The summed E-state index contributed by atoms with van der Waals surface area (Å²) in [5.41, 5.74) is 40.4. The predicted molar refractivity (Wildman–Crippen MR) is 183 cm³/mol. The highest BCUT2D eigenvalue weighted by Crippen LogP contribution is 2.22. The molecule has 24 N–H and O–H groups in total. The van der Waals surface area contributed by atoms with E-state index in [4.69, 9.17) is 86.7 Å². The molecule has 0 aromatic heterocycles. The van der Waals surface area contributed by atoms with Crippen LogP contribution in [0.3, 0.4) is 0 Å². The molecule has 0 fully saturated rings. The smallest absolute Gasteiger partial charge is 0.321 e. The molecule has 0 spiro atoms. The molecular weight excluding hydrogens is 734 g/mol. The lowest BCUT2D eigenvalue weighted by Crippen LogP contribution is -2.33. The number of carbonyl (C=O) groups is 8. The van der Waals surface area contributed by atoms with Crippen LogP contribution in [0.5, 0.6) is 0 Å². The van der Waals surface area contributed by atoms with Crippen LogP contribution in [0.1, 0.15) is 39.0 Å². The third kappa shape index (κ3) is 47.7. The molecule has 0 aromatic rings. The van der Waals surface area contributed by atoms with Crippen molar-refractivity contribution in [3.63, 3.8) is 0 Å². The lowest BCUT2D eigenvalue weighted by molar-refractivity contribution is -0.144. The normalized spacial score (nSPS) is 13.2. The number of guanidine groups is 1. The first kappa shape index (κ1) is 55.9. The van der Waals surface area contributed by atoms with Gasteiger partial charge in [0.25, 0.3) is 0 Å². The van der Waals surface area contributed by atoms with Crippen LogP contribution in [-0.2, 0) is 38.4 Å². The summed E-state index contributed by atoms with van der Waals surface area (Å²) < 4.78 is 0. The van der Waals surface area contributed by atoms with Crippen molar-refractivity contribution in [2.24, 2.45) is 50.9 Å². The van der Waals surface area contributed by atoms with Gasteiger partial charge in [0.1, 0.15) is 36.3 Å². The van der Waals surface area contributed by atoms with E-state index in [9.17, 15) is 38.4 Å². The average Bonchev–Trinajstić information content (AvgIpc) is 3.00. The van der Waals surface area contributed by atoms with E-state index in [-0.39, 0.29) is 30.3 Å². The molecule has 0 aliphatic heterocycles. The maximum absolute atomic E-state index is 10.3. The maximum atomic E-state index is 10.3. The SMILES string of the molecule is C[C@H](N)C(=O)O.NC(N)=NCCC[C@H](N)C(=O)O.N[C@@H](CC(=O)O)C(=O)O.N[C@@H](CCC(=O)O)C(=O)O.N[C@@H](CSSC[C@H](N)C(=O)O)C(=O)O. The summed E-state index contributed by atoms with van der Waals surface area (Å²) in [7, 11) is 2.41. The van der Waals surface area contributed by atoms with Crippen molar-refractivity contribution in [1.82, 2.24) is 0 Å². The minimum absolute atomic E-state index is 0.0129. The first-order valence-corrected chi connectivity index (χ1v) is 16.3. The highest BCUT2D eigenvalue weighted by atomic mass is 33.1. The average molecular weight is 784 g/mol. The monoisotopic (exact) mass is 783 g/mol. The molecule has 0 amide bonds. The van der Waals surface area contributed by atoms with Crippen LogP contribution >= 0.6 is 21.6 Å². The van der Waals surface area contributed by atoms with E-state index in [0.717, 1.165) is 0 Å². The van der Waals surface area contributed by atoms with Gasteiger partial charge in [0.15, 0.2) is 5.96 Å². The van der Waals surface area contributed by atoms with Gasteiger partial charge in [-0.1, -0.05) is 21.6 Å². The molecule has 0 radical (unpaired) electrons. The third-order valence-electron chi connectivity index (χ3n) is 4.59. The zero-order valence-electron chi connectivity index (χ0n) is 27.3. The van der Waals surface area contributed by atoms with Crippen LogP contribution in [0.25, 0.3) is 0 Å². The molecule has 0 rings (SSSR count). The van der Waals surface area contributed by atoms with E-state index in [0.29, 0.717) is 19.4 Å². The van der Waals surface area contributed by atoms with Crippen molar-refractivity contribution in [1.29, 1.82) is 0 Å². The van der Waals surface area contributed by atoms with Gasteiger partial charge in [-0.3, -0.25) is 43.3 Å². The number of rotatable bonds is 20. The zero-order chi connectivity index (χ0) is 41.4. The summed E-state index contributed by atoms with van der Waals surface area (Å²) in [5.74, 6) is -8.33. The first-order chi connectivity index (χ1) is 23.2. The number of nitrogens with zero attached hydrogens (tertiary/aromatic N) is 1. The van der Waals surface area contributed by atoms with Crippen molar-refractivity contribution in [3.8, 4) is 0 Å². The topological polar surface area (TPSA) is 519 Å². The van der Waals surface area contributed by atoms with Gasteiger partial charge in [-0.25, -0.2) is 0 Å².